The molecule has 0 radical (unpaired) electrons. The van der Waals surface area contributed by atoms with Gasteiger partial charge in [-0.2, -0.15) is 0 Å². The maximum atomic E-state index is 5.13. The van der Waals surface area contributed by atoms with Crippen molar-refractivity contribution in [2.75, 3.05) is 0 Å². The fourth-order valence-electron chi connectivity index (χ4n) is 8.62. The van der Waals surface area contributed by atoms with Crippen LogP contribution in [0.15, 0.2) is 151 Å². The molecule has 55 heavy (non-hydrogen) atoms. The Kier molecular flexibility index (Phi) is 7.13. The molecule has 0 aliphatic heterocycles. The summed E-state index contributed by atoms with van der Waals surface area (Å²) in [6, 6.07) is 46.0. The van der Waals surface area contributed by atoms with Crippen LogP contribution in [0.4, 0.5) is 0 Å². The second-order valence-electron chi connectivity index (χ2n) is 15.1. The van der Waals surface area contributed by atoms with E-state index in [4.69, 9.17) is 15.0 Å². The first-order chi connectivity index (χ1) is 27.0. The van der Waals surface area contributed by atoms with Gasteiger partial charge in [-0.25, -0.2) is 19.9 Å². The number of rotatable bonds is 5. The van der Waals surface area contributed by atoms with Crippen LogP contribution in [0.5, 0.6) is 0 Å². The number of thiazole rings is 1. The summed E-state index contributed by atoms with van der Waals surface area (Å²) in [7, 11) is 0. The molecule has 6 aromatic carbocycles. The average molecular weight is 726 g/mol. The van der Waals surface area contributed by atoms with Crippen LogP contribution in [0.25, 0.3) is 88.3 Å². The molecule has 0 bridgehead atoms. The van der Waals surface area contributed by atoms with Gasteiger partial charge in [0.05, 0.1) is 26.8 Å². The molecule has 3 heterocycles. The summed E-state index contributed by atoms with van der Waals surface area (Å²) in [6.07, 6.45) is 8.31. The zero-order valence-electron chi connectivity index (χ0n) is 30.5. The Morgan fingerprint density at radius 3 is 2.02 bits per heavy atom. The number of allylic oxidation sites excluding steroid dienone is 4. The van der Waals surface area contributed by atoms with Crippen molar-refractivity contribution in [2.45, 2.75) is 32.1 Å². The van der Waals surface area contributed by atoms with E-state index >= 15 is 0 Å². The molecule has 5 nitrogen and oxygen atoms in total. The van der Waals surface area contributed by atoms with Gasteiger partial charge in [-0.3, -0.25) is 0 Å². The molecule has 2 aliphatic rings. The maximum Gasteiger partial charge on any atom is 0.164 e. The molecular weight excluding hydrogens is 691 g/mol. The van der Waals surface area contributed by atoms with Crippen molar-refractivity contribution < 1.29 is 0 Å². The lowest BCUT2D eigenvalue weighted by atomic mass is 9.82. The number of aromatic nitrogens is 5. The van der Waals surface area contributed by atoms with E-state index in [2.05, 4.69) is 151 Å². The Hall–Kier alpha value is -6.50. The summed E-state index contributed by atoms with van der Waals surface area (Å²) in [4.78, 5) is 19.9. The largest absolute Gasteiger partial charge is 0.309 e. The van der Waals surface area contributed by atoms with Crippen LogP contribution in [0.2, 0.25) is 0 Å². The Balaban J connectivity index is 1.12. The lowest BCUT2D eigenvalue weighted by Crippen LogP contribution is -2.15. The molecule has 0 saturated heterocycles. The minimum absolute atomic E-state index is 0.151. The molecule has 2 aliphatic carbocycles. The minimum atomic E-state index is -0.151. The Morgan fingerprint density at radius 1 is 0.600 bits per heavy atom. The molecule has 0 spiro atoms. The van der Waals surface area contributed by atoms with Crippen LogP contribution in [-0.2, 0) is 5.41 Å². The van der Waals surface area contributed by atoms with E-state index in [1.807, 2.05) is 23.7 Å². The Bertz CT molecular complexity index is 3060. The number of benzene rings is 6. The van der Waals surface area contributed by atoms with Gasteiger partial charge >= 0.3 is 0 Å². The van der Waals surface area contributed by atoms with Gasteiger partial charge in [0.2, 0.25) is 0 Å². The van der Waals surface area contributed by atoms with Gasteiger partial charge in [-0.15, -0.1) is 11.3 Å². The molecule has 262 valence electrons. The van der Waals surface area contributed by atoms with Crippen LogP contribution < -0.4 is 0 Å². The summed E-state index contributed by atoms with van der Waals surface area (Å²) in [5, 5.41) is 2.34. The quantitative estimate of drug-likeness (QED) is 0.177. The third-order valence-corrected chi connectivity index (χ3v) is 12.3. The van der Waals surface area contributed by atoms with Crippen molar-refractivity contribution in [3.63, 3.8) is 0 Å². The molecule has 9 aromatic rings. The topological polar surface area (TPSA) is 56.5 Å². The Labute approximate surface area is 323 Å². The number of nitrogens with zero attached hydrogens (tertiary/aromatic N) is 5. The van der Waals surface area contributed by atoms with Crippen molar-refractivity contribution in [1.29, 1.82) is 0 Å². The fourth-order valence-corrected chi connectivity index (χ4v) is 9.31. The first-order valence-corrected chi connectivity index (χ1v) is 19.7. The third kappa shape index (κ3) is 5.13. The van der Waals surface area contributed by atoms with E-state index in [1.54, 1.807) is 11.3 Å². The van der Waals surface area contributed by atoms with Crippen molar-refractivity contribution in [1.82, 2.24) is 24.5 Å². The third-order valence-electron chi connectivity index (χ3n) is 11.5. The normalized spacial score (nSPS) is 14.4. The molecule has 0 amide bonds. The summed E-state index contributed by atoms with van der Waals surface area (Å²) in [5.41, 5.74) is 17.0. The molecule has 6 heteroatoms. The molecule has 0 fully saturated rings. The Morgan fingerprint density at radius 2 is 1.27 bits per heavy atom. The summed E-state index contributed by atoms with van der Waals surface area (Å²) in [5.74, 6) is 2.09. The average Bonchev–Trinajstić information content (AvgIpc) is 3.91. The minimum Gasteiger partial charge on any atom is -0.309 e. The van der Waals surface area contributed by atoms with E-state index in [9.17, 15) is 0 Å². The molecule has 0 atom stereocenters. The highest BCUT2D eigenvalue weighted by Gasteiger charge is 2.36. The van der Waals surface area contributed by atoms with E-state index in [0.717, 1.165) is 63.0 Å². The lowest BCUT2D eigenvalue weighted by Gasteiger charge is -2.22. The van der Waals surface area contributed by atoms with Crippen LogP contribution >= 0.6 is 11.3 Å². The number of hydrogen-bond donors (Lipinski definition) is 0. The predicted molar refractivity (Wildman–Crippen MR) is 228 cm³/mol. The highest BCUT2D eigenvalue weighted by Crippen LogP contribution is 2.51. The van der Waals surface area contributed by atoms with Gasteiger partial charge in [0.15, 0.2) is 17.5 Å². The smallest absolute Gasteiger partial charge is 0.164 e. The van der Waals surface area contributed by atoms with Crippen LogP contribution in [0, 0.1) is 0 Å². The molecule has 0 unspecified atom stereocenters. The van der Waals surface area contributed by atoms with Gasteiger partial charge in [-0.05, 0) is 106 Å². The molecular formula is C49H35N5S. The van der Waals surface area contributed by atoms with Crippen molar-refractivity contribution in [3.8, 4) is 50.7 Å². The van der Waals surface area contributed by atoms with Gasteiger partial charge in [0.1, 0.15) is 0 Å². The monoisotopic (exact) mass is 725 g/mol. The van der Waals surface area contributed by atoms with Crippen molar-refractivity contribution >= 4 is 48.9 Å². The maximum absolute atomic E-state index is 5.13. The van der Waals surface area contributed by atoms with Crippen LogP contribution in [0.1, 0.15) is 43.6 Å². The summed E-state index contributed by atoms with van der Waals surface area (Å²) < 4.78 is 3.66. The van der Waals surface area contributed by atoms with E-state index < -0.39 is 0 Å². The predicted octanol–water partition coefficient (Wildman–Crippen LogP) is 12.6. The van der Waals surface area contributed by atoms with Gasteiger partial charge in [-0.1, -0.05) is 105 Å². The van der Waals surface area contributed by atoms with E-state index in [0.29, 0.717) is 11.6 Å². The zero-order valence-corrected chi connectivity index (χ0v) is 31.3. The first-order valence-electron chi connectivity index (χ1n) is 18.8. The highest BCUT2D eigenvalue weighted by molar-refractivity contribution is 7.16. The van der Waals surface area contributed by atoms with Crippen molar-refractivity contribution in [2.24, 2.45) is 0 Å². The SMILES string of the molecule is CC1(C)c2cc(-n3c4ccc(-c5ccccc5)cc4c4cc(-c5nc(C6=CC=CCC6)nc(-c6ccccc6)n5)ccc43)ccc2-c2cc3ncsc3cc21. The second-order valence-corrected chi connectivity index (χ2v) is 16.0. The molecule has 0 saturated carbocycles. The van der Waals surface area contributed by atoms with Gasteiger partial charge in [0, 0.05) is 33.0 Å². The van der Waals surface area contributed by atoms with Gasteiger partial charge < -0.3 is 4.57 Å². The van der Waals surface area contributed by atoms with E-state index in [-0.39, 0.29) is 5.41 Å². The first kappa shape index (κ1) is 32.0. The number of hydrogen-bond acceptors (Lipinski definition) is 5. The van der Waals surface area contributed by atoms with Crippen LogP contribution in [0.3, 0.4) is 0 Å². The summed E-state index contributed by atoms with van der Waals surface area (Å²) >= 11 is 1.71. The molecule has 0 N–H and O–H groups in total. The molecule has 11 rings (SSSR count). The molecule has 3 aromatic heterocycles. The van der Waals surface area contributed by atoms with Crippen LogP contribution in [-0.4, -0.2) is 24.5 Å². The highest BCUT2D eigenvalue weighted by atomic mass is 32.1. The standard InChI is InChI=1S/C49H35N5S/c1-49(2)40-26-35(20-21-36(40)37-27-42-45(28-41(37)49)55-29-50-42)54-43-22-18-33(30-12-6-3-7-13-30)24-38(43)39-25-34(19-23-44(39)54)48-52-46(31-14-8-4-9-15-31)51-47(53-48)32-16-10-5-11-17-32/h3-10,12-16,18-29H,11,17H2,1-2H3. The lowest BCUT2D eigenvalue weighted by molar-refractivity contribution is 0.661. The number of fused-ring (bicyclic) bond motifs is 7. The fraction of sp³-hybridized carbons (Fsp3) is 0.102. The van der Waals surface area contributed by atoms with Gasteiger partial charge in [0.25, 0.3) is 0 Å². The zero-order chi connectivity index (χ0) is 36.7. The second kappa shape index (κ2) is 12.3. The van der Waals surface area contributed by atoms with Crippen molar-refractivity contribution in [3.05, 3.63) is 168 Å². The van der Waals surface area contributed by atoms with E-state index in [1.165, 1.54) is 43.5 Å². The summed E-state index contributed by atoms with van der Waals surface area (Å²) in [6.45, 7) is 4.70.